The first kappa shape index (κ1) is 35.1. The predicted octanol–water partition coefficient (Wildman–Crippen LogP) is 14.5. The summed E-state index contributed by atoms with van der Waals surface area (Å²) in [5, 5.41) is 12.9. The molecule has 1 fully saturated rings. The molecule has 13 rings (SSSR count). The minimum absolute atomic E-state index is 0.0237. The zero-order chi connectivity index (χ0) is 40.7. The third-order valence-corrected chi connectivity index (χ3v) is 13.4. The molecule has 1 aliphatic carbocycles. The van der Waals surface area contributed by atoms with Gasteiger partial charge in [0, 0.05) is 44.4 Å². The Balaban J connectivity index is 1.02. The summed E-state index contributed by atoms with van der Waals surface area (Å²) in [6.07, 6.45) is 6.60. The van der Waals surface area contributed by atoms with Gasteiger partial charge in [-0.1, -0.05) is 152 Å². The van der Waals surface area contributed by atoms with Crippen LogP contribution in [0.3, 0.4) is 0 Å². The van der Waals surface area contributed by atoms with Crippen LogP contribution in [0.2, 0.25) is 0 Å². The molecule has 2 aromatic heterocycles. The molecule has 0 spiro atoms. The summed E-state index contributed by atoms with van der Waals surface area (Å²) in [5.74, 6) is 0. The first-order chi connectivity index (χ1) is 30.8. The number of anilines is 1. The Labute approximate surface area is 360 Å². The highest BCUT2D eigenvalue weighted by Gasteiger charge is 2.42. The number of para-hydroxylation sites is 3. The van der Waals surface area contributed by atoms with Crippen molar-refractivity contribution in [3.63, 3.8) is 0 Å². The van der Waals surface area contributed by atoms with Crippen molar-refractivity contribution in [2.45, 2.75) is 25.2 Å². The second-order valence-electron chi connectivity index (χ2n) is 16.8. The van der Waals surface area contributed by atoms with Gasteiger partial charge in [0.2, 0.25) is 0 Å². The van der Waals surface area contributed by atoms with Crippen LogP contribution in [0, 0.1) is 0 Å². The smallest absolute Gasteiger partial charge is 0.112 e. The lowest BCUT2D eigenvalue weighted by Gasteiger charge is -2.52. The van der Waals surface area contributed by atoms with Crippen molar-refractivity contribution in [1.82, 2.24) is 14.5 Å². The van der Waals surface area contributed by atoms with Gasteiger partial charge in [-0.05, 0) is 112 Å². The lowest BCUT2D eigenvalue weighted by atomic mass is 9.93. The Morgan fingerprint density at radius 2 is 1.15 bits per heavy atom. The topological polar surface area (TPSA) is 25.1 Å². The maximum absolute atomic E-state index is 4.13. The van der Waals surface area contributed by atoms with Crippen molar-refractivity contribution in [2.75, 3.05) is 4.90 Å². The SMILES string of the molecule is C1=Cc2c(n(-c3ccc4cc5c6ccccc6n(-c6ccc7ccccc7c6C6NC(c7cccc(-c8ccccc8)c7)N6c6ccccc6)c5cc4c3)c3ccccc23)CC1. The van der Waals surface area contributed by atoms with E-state index in [1.165, 1.54) is 105 Å². The summed E-state index contributed by atoms with van der Waals surface area (Å²) in [6.45, 7) is 0. The molecule has 9 aromatic carbocycles. The summed E-state index contributed by atoms with van der Waals surface area (Å²) in [7, 11) is 0. The molecule has 1 N–H and O–H groups in total. The molecule has 294 valence electrons. The normalized spacial score (nSPS) is 16.1. The van der Waals surface area contributed by atoms with Crippen LogP contribution >= 0.6 is 0 Å². The van der Waals surface area contributed by atoms with Crippen LogP contribution in [-0.2, 0) is 6.42 Å². The fourth-order valence-electron chi connectivity index (χ4n) is 10.6. The second-order valence-corrected chi connectivity index (χ2v) is 16.8. The van der Waals surface area contributed by atoms with E-state index in [9.17, 15) is 0 Å². The quantitative estimate of drug-likeness (QED) is 0.181. The van der Waals surface area contributed by atoms with Crippen LogP contribution in [0.1, 0.15) is 41.1 Å². The van der Waals surface area contributed by atoms with Gasteiger partial charge in [0.15, 0.2) is 0 Å². The maximum atomic E-state index is 4.13. The predicted molar refractivity (Wildman–Crippen MR) is 259 cm³/mol. The van der Waals surface area contributed by atoms with Gasteiger partial charge in [-0.3, -0.25) is 5.32 Å². The highest BCUT2D eigenvalue weighted by molar-refractivity contribution is 6.14. The summed E-state index contributed by atoms with van der Waals surface area (Å²) in [4.78, 5) is 2.57. The van der Waals surface area contributed by atoms with Crippen LogP contribution in [0.25, 0.3) is 82.8 Å². The Bertz CT molecular complexity index is 3580. The molecule has 62 heavy (non-hydrogen) atoms. The molecular weight excluding hydrogens is 753 g/mol. The number of fused-ring (bicyclic) bond motifs is 8. The third-order valence-electron chi connectivity index (χ3n) is 13.4. The summed E-state index contributed by atoms with van der Waals surface area (Å²) < 4.78 is 5.03. The number of benzene rings is 9. The van der Waals surface area contributed by atoms with Crippen molar-refractivity contribution in [3.8, 4) is 22.5 Å². The standard InChI is InChI=1S/C58H42N4/c1-3-16-38(17-4-1)40-19-15-20-42(34-40)57-59-58(61(57)44-21-5-2-6-22-44)56-46-23-8-7-18-39(46)31-33-54(56)62-53-29-14-11-26-49(53)50-36-41-30-32-45(35-43(41)37-55(50)62)60-51-27-12-9-24-47(51)48-25-10-13-28-52(48)60/h1-12,14-27,29-37,57-59H,13,28H2. The van der Waals surface area contributed by atoms with Crippen LogP contribution < -0.4 is 10.2 Å². The summed E-state index contributed by atoms with van der Waals surface area (Å²) in [5.41, 5.74) is 14.9. The van der Waals surface area contributed by atoms with E-state index in [1.807, 2.05) is 0 Å². The van der Waals surface area contributed by atoms with Gasteiger partial charge >= 0.3 is 0 Å². The lowest BCUT2D eigenvalue weighted by molar-refractivity contribution is 0.278. The Kier molecular flexibility index (Phi) is 7.91. The monoisotopic (exact) mass is 794 g/mol. The van der Waals surface area contributed by atoms with E-state index in [0.717, 1.165) is 12.8 Å². The fourth-order valence-corrected chi connectivity index (χ4v) is 10.6. The van der Waals surface area contributed by atoms with E-state index >= 15 is 0 Å². The summed E-state index contributed by atoms with van der Waals surface area (Å²) in [6, 6.07) is 73.8. The number of nitrogens with one attached hydrogen (secondary N) is 1. The minimum atomic E-state index is -0.102. The van der Waals surface area contributed by atoms with Gasteiger partial charge in [-0.25, -0.2) is 0 Å². The van der Waals surface area contributed by atoms with Crippen LogP contribution in [0.4, 0.5) is 5.69 Å². The molecule has 1 saturated heterocycles. The van der Waals surface area contributed by atoms with Crippen molar-refractivity contribution in [1.29, 1.82) is 0 Å². The third kappa shape index (κ3) is 5.37. The molecule has 2 aliphatic rings. The van der Waals surface area contributed by atoms with Gasteiger partial charge in [0.05, 0.1) is 22.2 Å². The zero-order valence-corrected chi connectivity index (χ0v) is 34.1. The van der Waals surface area contributed by atoms with E-state index < -0.39 is 0 Å². The molecule has 0 saturated carbocycles. The number of aromatic nitrogens is 2. The molecule has 0 radical (unpaired) electrons. The van der Waals surface area contributed by atoms with Crippen molar-refractivity contribution >= 4 is 66.0 Å². The molecule has 3 heterocycles. The number of hydrogen-bond acceptors (Lipinski definition) is 2. The average Bonchev–Trinajstić information content (AvgIpc) is 3.83. The van der Waals surface area contributed by atoms with E-state index in [4.69, 9.17) is 0 Å². The largest absolute Gasteiger partial charge is 0.332 e. The van der Waals surface area contributed by atoms with Crippen LogP contribution in [0.5, 0.6) is 0 Å². The van der Waals surface area contributed by atoms with Crippen molar-refractivity contribution in [2.24, 2.45) is 0 Å². The highest BCUT2D eigenvalue weighted by atomic mass is 15.5. The second kappa shape index (κ2) is 14.0. The molecule has 0 amide bonds. The Morgan fingerprint density at radius 1 is 0.435 bits per heavy atom. The maximum Gasteiger partial charge on any atom is 0.112 e. The van der Waals surface area contributed by atoms with Gasteiger partial charge in [-0.15, -0.1) is 0 Å². The molecule has 11 aromatic rings. The number of nitrogens with zero attached hydrogens (tertiary/aromatic N) is 3. The highest BCUT2D eigenvalue weighted by Crippen LogP contribution is 2.48. The van der Waals surface area contributed by atoms with Gasteiger partial charge in [0.1, 0.15) is 12.3 Å². The fraction of sp³-hybridized carbons (Fsp3) is 0.0690. The molecule has 2 atom stereocenters. The Morgan fingerprint density at radius 3 is 2.00 bits per heavy atom. The van der Waals surface area contributed by atoms with Crippen LogP contribution in [-0.4, -0.2) is 9.13 Å². The van der Waals surface area contributed by atoms with E-state index in [-0.39, 0.29) is 12.3 Å². The number of hydrogen-bond donors (Lipinski definition) is 1. The molecule has 0 bridgehead atoms. The molecule has 4 heteroatoms. The minimum Gasteiger partial charge on any atom is -0.332 e. The molecule has 4 nitrogen and oxygen atoms in total. The molecule has 1 aliphatic heterocycles. The van der Waals surface area contributed by atoms with Gasteiger partial charge < -0.3 is 14.0 Å². The zero-order valence-electron chi connectivity index (χ0n) is 34.1. The van der Waals surface area contributed by atoms with Crippen molar-refractivity contribution in [3.05, 3.63) is 229 Å². The first-order valence-electron chi connectivity index (χ1n) is 21.8. The lowest BCUT2D eigenvalue weighted by Crippen LogP contribution is -2.58. The number of rotatable bonds is 6. The van der Waals surface area contributed by atoms with Gasteiger partial charge in [-0.2, -0.15) is 0 Å². The number of allylic oxidation sites excluding steroid dienone is 1. The molecule has 2 unspecified atom stereocenters. The Hall–Kier alpha value is -7.66. The van der Waals surface area contributed by atoms with Crippen molar-refractivity contribution < 1.29 is 0 Å². The van der Waals surface area contributed by atoms with Gasteiger partial charge in [0.25, 0.3) is 0 Å². The van der Waals surface area contributed by atoms with E-state index in [1.54, 1.807) is 0 Å². The molecular formula is C58H42N4. The average molecular weight is 795 g/mol. The van der Waals surface area contributed by atoms with E-state index in [0.29, 0.717) is 0 Å². The van der Waals surface area contributed by atoms with E-state index in [2.05, 4.69) is 232 Å². The summed E-state index contributed by atoms with van der Waals surface area (Å²) >= 11 is 0. The first-order valence-corrected chi connectivity index (χ1v) is 21.8. The van der Waals surface area contributed by atoms with Crippen LogP contribution in [0.15, 0.2) is 206 Å².